The largest absolute Gasteiger partial charge is 0.405 e. The van der Waals surface area contributed by atoms with Gasteiger partial charge >= 0.3 is 0 Å². The molecular formula is C6H7IN2. The van der Waals surface area contributed by atoms with Gasteiger partial charge in [0.15, 0.2) is 0 Å². The standard InChI is InChI=1S/C6H7IN2/c7-9-5-1-2-6(9)3-4-8/h1-5H,8H2/b4-3-. The molecule has 0 unspecified atom stereocenters. The van der Waals surface area contributed by atoms with E-state index in [2.05, 4.69) is 22.9 Å². The third-order valence-corrected chi connectivity index (χ3v) is 1.88. The third-order valence-electron chi connectivity index (χ3n) is 0.998. The van der Waals surface area contributed by atoms with Gasteiger partial charge in [0.1, 0.15) is 0 Å². The highest BCUT2D eigenvalue weighted by atomic mass is 127. The van der Waals surface area contributed by atoms with Crippen LogP contribution in [0.1, 0.15) is 5.69 Å². The van der Waals surface area contributed by atoms with Crippen molar-refractivity contribution in [1.29, 1.82) is 0 Å². The molecule has 0 bridgehead atoms. The van der Waals surface area contributed by atoms with Crippen LogP contribution in [0.2, 0.25) is 0 Å². The van der Waals surface area contributed by atoms with Crippen LogP contribution in [0.5, 0.6) is 0 Å². The van der Waals surface area contributed by atoms with E-state index in [0.717, 1.165) is 5.69 Å². The van der Waals surface area contributed by atoms with E-state index in [9.17, 15) is 0 Å². The normalized spacial score (nSPS) is 10.8. The molecule has 2 N–H and O–H groups in total. The van der Waals surface area contributed by atoms with Gasteiger partial charge in [0.05, 0.1) is 28.6 Å². The molecule has 0 aliphatic rings. The lowest BCUT2D eigenvalue weighted by Crippen LogP contribution is -1.81. The molecule has 0 radical (unpaired) electrons. The number of nitrogens with two attached hydrogens (primary N) is 1. The highest BCUT2D eigenvalue weighted by Gasteiger charge is 1.88. The Morgan fingerprint density at radius 2 is 2.44 bits per heavy atom. The van der Waals surface area contributed by atoms with Crippen LogP contribution in [0.4, 0.5) is 0 Å². The number of hydrogen-bond donors (Lipinski definition) is 1. The van der Waals surface area contributed by atoms with Gasteiger partial charge in [0.25, 0.3) is 0 Å². The molecule has 3 heteroatoms. The summed E-state index contributed by atoms with van der Waals surface area (Å²) in [5.41, 5.74) is 6.30. The molecule has 1 heterocycles. The van der Waals surface area contributed by atoms with Crippen LogP contribution < -0.4 is 5.73 Å². The monoisotopic (exact) mass is 234 g/mol. The molecule has 9 heavy (non-hydrogen) atoms. The summed E-state index contributed by atoms with van der Waals surface area (Å²) in [6.45, 7) is 0. The number of nitrogens with zero attached hydrogens (tertiary/aromatic N) is 1. The van der Waals surface area contributed by atoms with Gasteiger partial charge in [-0.2, -0.15) is 0 Å². The average molecular weight is 234 g/mol. The molecule has 0 spiro atoms. The van der Waals surface area contributed by atoms with E-state index in [1.165, 1.54) is 6.20 Å². The lowest BCUT2D eigenvalue weighted by molar-refractivity contribution is 1.32. The fourth-order valence-corrected chi connectivity index (χ4v) is 1.11. The van der Waals surface area contributed by atoms with Crippen LogP contribution in [0, 0.1) is 0 Å². The summed E-state index contributed by atoms with van der Waals surface area (Å²) >= 11 is 2.19. The molecule has 1 rings (SSSR count). The molecule has 2 nitrogen and oxygen atoms in total. The minimum absolute atomic E-state index is 1.11. The summed E-state index contributed by atoms with van der Waals surface area (Å²) < 4.78 is 1.97. The Kier molecular flexibility index (Phi) is 2.16. The smallest absolute Gasteiger partial charge is 0.0640 e. The van der Waals surface area contributed by atoms with Crippen molar-refractivity contribution in [1.82, 2.24) is 2.78 Å². The second-order valence-corrected chi connectivity index (χ2v) is 2.64. The zero-order chi connectivity index (χ0) is 6.69. The zero-order valence-electron chi connectivity index (χ0n) is 4.79. The van der Waals surface area contributed by atoms with E-state index < -0.39 is 0 Å². The fraction of sp³-hybridized carbons (Fsp3) is 0. The zero-order valence-corrected chi connectivity index (χ0v) is 6.95. The minimum Gasteiger partial charge on any atom is -0.405 e. The Morgan fingerprint density at radius 1 is 1.67 bits per heavy atom. The van der Waals surface area contributed by atoms with Crippen molar-refractivity contribution in [2.45, 2.75) is 0 Å². The van der Waals surface area contributed by atoms with Crippen LogP contribution in [-0.4, -0.2) is 2.78 Å². The quantitative estimate of drug-likeness (QED) is 0.735. The van der Waals surface area contributed by atoms with E-state index in [1.54, 1.807) is 0 Å². The first-order valence-electron chi connectivity index (χ1n) is 2.56. The fourth-order valence-electron chi connectivity index (χ4n) is 0.600. The van der Waals surface area contributed by atoms with Gasteiger partial charge in [-0.05, 0) is 24.4 Å². The van der Waals surface area contributed by atoms with E-state index in [-0.39, 0.29) is 0 Å². The highest BCUT2D eigenvalue weighted by Crippen LogP contribution is 2.06. The van der Waals surface area contributed by atoms with E-state index in [4.69, 9.17) is 5.73 Å². The van der Waals surface area contributed by atoms with Gasteiger partial charge in [-0.15, -0.1) is 0 Å². The number of aromatic nitrogens is 1. The first kappa shape index (κ1) is 6.67. The predicted octanol–water partition coefficient (Wildman–Crippen LogP) is 1.62. The Labute approximate surface area is 67.8 Å². The molecule has 0 amide bonds. The van der Waals surface area contributed by atoms with Crippen molar-refractivity contribution < 1.29 is 0 Å². The van der Waals surface area contributed by atoms with Gasteiger partial charge < -0.3 is 5.73 Å². The van der Waals surface area contributed by atoms with Gasteiger partial charge in [0, 0.05) is 6.20 Å². The van der Waals surface area contributed by atoms with Crippen molar-refractivity contribution >= 4 is 28.9 Å². The molecule has 0 aliphatic carbocycles. The lowest BCUT2D eigenvalue weighted by Gasteiger charge is -1.89. The topological polar surface area (TPSA) is 30.9 Å². The van der Waals surface area contributed by atoms with Crippen molar-refractivity contribution in [2.75, 3.05) is 0 Å². The van der Waals surface area contributed by atoms with Crippen LogP contribution in [-0.2, 0) is 0 Å². The third kappa shape index (κ3) is 1.48. The average Bonchev–Trinajstić information content (AvgIpc) is 2.18. The van der Waals surface area contributed by atoms with Crippen molar-refractivity contribution in [2.24, 2.45) is 5.73 Å². The summed E-state index contributed by atoms with van der Waals surface area (Å²) in [6, 6.07) is 3.97. The number of halogens is 1. The molecule has 1 aromatic rings. The first-order valence-corrected chi connectivity index (χ1v) is 3.53. The maximum atomic E-state index is 5.19. The SMILES string of the molecule is N/C=C\c1cccn1I. The summed E-state index contributed by atoms with van der Waals surface area (Å²) in [5, 5.41) is 0. The highest BCUT2D eigenvalue weighted by molar-refractivity contribution is 14.1. The Morgan fingerprint density at radius 3 is 2.89 bits per heavy atom. The van der Waals surface area contributed by atoms with Crippen LogP contribution in [0.15, 0.2) is 24.5 Å². The molecule has 0 saturated heterocycles. The lowest BCUT2D eigenvalue weighted by atomic mass is 10.4. The molecule has 0 aliphatic heterocycles. The Balaban J connectivity index is 2.94. The molecule has 48 valence electrons. The molecule has 1 aromatic heterocycles. The van der Waals surface area contributed by atoms with Gasteiger partial charge in [-0.25, -0.2) is 0 Å². The van der Waals surface area contributed by atoms with Crippen LogP contribution >= 0.6 is 22.9 Å². The van der Waals surface area contributed by atoms with Crippen molar-refractivity contribution in [3.05, 3.63) is 30.2 Å². The Hall–Kier alpha value is -0.450. The van der Waals surface area contributed by atoms with Crippen molar-refractivity contribution in [3.8, 4) is 0 Å². The summed E-state index contributed by atoms with van der Waals surface area (Å²) in [4.78, 5) is 0. The van der Waals surface area contributed by atoms with E-state index in [0.29, 0.717) is 0 Å². The maximum Gasteiger partial charge on any atom is 0.0640 e. The minimum atomic E-state index is 1.11. The van der Waals surface area contributed by atoms with E-state index >= 15 is 0 Å². The summed E-state index contributed by atoms with van der Waals surface area (Å²) in [6.07, 6.45) is 5.35. The van der Waals surface area contributed by atoms with Crippen LogP contribution in [0.25, 0.3) is 6.08 Å². The maximum absolute atomic E-state index is 5.19. The second kappa shape index (κ2) is 2.91. The number of hydrogen-bond acceptors (Lipinski definition) is 1. The Bertz CT molecular complexity index is 215. The molecule has 0 aromatic carbocycles. The predicted molar refractivity (Wildman–Crippen MR) is 47.1 cm³/mol. The first-order chi connectivity index (χ1) is 4.34. The van der Waals surface area contributed by atoms with E-state index in [1.807, 2.05) is 27.2 Å². The summed E-state index contributed by atoms with van der Waals surface area (Å²) in [7, 11) is 0. The number of rotatable bonds is 1. The molecule has 0 atom stereocenters. The van der Waals surface area contributed by atoms with Gasteiger partial charge in [-0.1, -0.05) is 0 Å². The van der Waals surface area contributed by atoms with Gasteiger partial charge in [0.2, 0.25) is 0 Å². The van der Waals surface area contributed by atoms with Crippen LogP contribution in [0.3, 0.4) is 0 Å². The van der Waals surface area contributed by atoms with Gasteiger partial charge in [-0.3, -0.25) is 2.78 Å². The molecular weight excluding hydrogens is 227 g/mol. The molecule has 0 saturated carbocycles. The van der Waals surface area contributed by atoms with Crippen molar-refractivity contribution in [3.63, 3.8) is 0 Å². The molecule has 0 fully saturated rings. The summed E-state index contributed by atoms with van der Waals surface area (Å²) in [5.74, 6) is 0. The second-order valence-electron chi connectivity index (χ2n) is 1.60.